The number of hydrogen-bond acceptors (Lipinski definition) is 5. The van der Waals surface area contributed by atoms with Gasteiger partial charge in [-0.1, -0.05) is 19.6 Å². The number of halogens is 2. The Bertz CT molecular complexity index is 1300. The van der Waals surface area contributed by atoms with E-state index in [1.807, 2.05) is 27.0 Å². The van der Waals surface area contributed by atoms with Crippen molar-refractivity contribution in [3.05, 3.63) is 82.1 Å². The SMILES string of the molecule is C=C(C)N/C(C=NC)=C(/C)c1cc2c(cn1)CN(c1c(F)c(C)cc(OC)c1F)C(=CCC)C21CC1. The van der Waals surface area contributed by atoms with Crippen molar-refractivity contribution in [3.63, 3.8) is 0 Å². The Kier molecular flexibility index (Phi) is 7.03. The maximum Gasteiger partial charge on any atom is 0.191 e. The van der Waals surface area contributed by atoms with Crippen LogP contribution in [-0.2, 0) is 12.0 Å². The van der Waals surface area contributed by atoms with E-state index in [4.69, 9.17) is 9.72 Å². The highest BCUT2D eigenvalue weighted by molar-refractivity contribution is 5.89. The summed E-state index contributed by atoms with van der Waals surface area (Å²) in [5.41, 5.74) is 6.50. The molecule has 1 aromatic heterocycles. The second-order valence-electron chi connectivity index (χ2n) is 9.60. The summed E-state index contributed by atoms with van der Waals surface area (Å²) >= 11 is 0. The molecule has 1 fully saturated rings. The number of ether oxygens (including phenoxy) is 1. The van der Waals surface area contributed by atoms with Gasteiger partial charge in [-0.2, -0.15) is 0 Å². The summed E-state index contributed by atoms with van der Waals surface area (Å²) in [5, 5.41) is 3.26. The average molecular weight is 493 g/mol. The topological polar surface area (TPSA) is 49.8 Å². The largest absolute Gasteiger partial charge is 0.494 e. The molecule has 2 aromatic rings. The normalized spacial score (nSPS) is 17.9. The number of pyridine rings is 1. The van der Waals surface area contributed by atoms with Crippen molar-refractivity contribution < 1.29 is 13.5 Å². The van der Waals surface area contributed by atoms with Gasteiger partial charge in [0.1, 0.15) is 5.69 Å². The molecule has 1 saturated carbocycles. The third-order valence-electron chi connectivity index (χ3n) is 6.97. The molecular formula is C29H34F2N4O. The number of rotatable bonds is 7. The van der Waals surface area contributed by atoms with Crippen molar-refractivity contribution in [2.45, 2.75) is 58.9 Å². The summed E-state index contributed by atoms with van der Waals surface area (Å²) in [7, 11) is 3.12. The highest BCUT2D eigenvalue weighted by Crippen LogP contribution is 2.59. The van der Waals surface area contributed by atoms with Crippen LogP contribution < -0.4 is 15.0 Å². The molecule has 0 radical (unpaired) electrons. The van der Waals surface area contributed by atoms with Crippen LogP contribution >= 0.6 is 0 Å². The maximum atomic E-state index is 15.5. The van der Waals surface area contributed by atoms with Gasteiger partial charge in [-0.25, -0.2) is 8.78 Å². The van der Waals surface area contributed by atoms with Gasteiger partial charge in [0.05, 0.1) is 18.5 Å². The van der Waals surface area contributed by atoms with Gasteiger partial charge in [0.2, 0.25) is 0 Å². The Morgan fingerprint density at radius 2 is 2.00 bits per heavy atom. The number of benzene rings is 1. The molecule has 0 saturated heterocycles. The molecule has 1 aliphatic carbocycles. The van der Waals surface area contributed by atoms with E-state index in [2.05, 4.69) is 29.0 Å². The van der Waals surface area contributed by atoms with E-state index in [9.17, 15) is 0 Å². The molecule has 0 bridgehead atoms. The third kappa shape index (κ3) is 4.31. The number of aryl methyl sites for hydroxylation is 1. The number of aromatic nitrogens is 1. The number of nitrogens with one attached hydrogen (secondary N) is 1. The number of fused-ring (bicyclic) bond motifs is 2. The van der Waals surface area contributed by atoms with Gasteiger partial charge in [-0.05, 0) is 74.4 Å². The number of nitrogens with zero attached hydrogens (tertiary/aromatic N) is 3. The number of methoxy groups -OCH3 is 1. The summed E-state index contributed by atoms with van der Waals surface area (Å²) in [6, 6.07) is 3.53. The molecule has 0 unspecified atom stereocenters. The first-order valence-corrected chi connectivity index (χ1v) is 12.2. The van der Waals surface area contributed by atoms with E-state index >= 15 is 8.78 Å². The Morgan fingerprint density at radius 1 is 1.28 bits per heavy atom. The molecule has 5 nitrogen and oxygen atoms in total. The highest BCUT2D eigenvalue weighted by Gasteiger charge is 2.54. The van der Waals surface area contributed by atoms with E-state index in [0.717, 1.165) is 53.2 Å². The average Bonchev–Trinajstić information content (AvgIpc) is 3.64. The van der Waals surface area contributed by atoms with Crippen LogP contribution in [-0.4, -0.2) is 25.4 Å². The zero-order chi connectivity index (χ0) is 26.2. The Labute approximate surface area is 212 Å². The van der Waals surface area contributed by atoms with Crippen molar-refractivity contribution in [2.24, 2.45) is 4.99 Å². The predicted molar refractivity (Wildman–Crippen MR) is 142 cm³/mol. The van der Waals surface area contributed by atoms with Crippen LogP contribution in [0.4, 0.5) is 14.5 Å². The summed E-state index contributed by atoms with van der Waals surface area (Å²) in [5.74, 6) is -1.20. The maximum absolute atomic E-state index is 15.5. The first-order chi connectivity index (χ1) is 17.2. The van der Waals surface area contributed by atoms with Crippen LogP contribution in [0.1, 0.15) is 62.4 Å². The molecule has 4 rings (SSSR count). The van der Waals surface area contributed by atoms with Gasteiger partial charge in [0.15, 0.2) is 17.4 Å². The highest BCUT2D eigenvalue weighted by atomic mass is 19.1. The first-order valence-electron chi connectivity index (χ1n) is 12.2. The van der Waals surface area contributed by atoms with Crippen molar-refractivity contribution in [1.29, 1.82) is 0 Å². The summed E-state index contributed by atoms with van der Waals surface area (Å²) < 4.78 is 36.2. The molecule has 7 heteroatoms. The molecule has 1 aromatic carbocycles. The van der Waals surface area contributed by atoms with Crippen LogP contribution in [0.3, 0.4) is 0 Å². The lowest BCUT2D eigenvalue weighted by molar-refractivity contribution is 0.383. The van der Waals surface area contributed by atoms with E-state index in [0.29, 0.717) is 12.1 Å². The lowest BCUT2D eigenvalue weighted by Gasteiger charge is -2.40. The van der Waals surface area contributed by atoms with Gasteiger partial charge in [-0.3, -0.25) is 9.98 Å². The number of aliphatic imine (C=N–C) groups is 1. The zero-order valence-corrected chi connectivity index (χ0v) is 21.9. The minimum absolute atomic E-state index is 0.0414. The van der Waals surface area contributed by atoms with Gasteiger partial charge in [0.25, 0.3) is 0 Å². The summed E-state index contributed by atoms with van der Waals surface area (Å²) in [6.45, 7) is 11.8. The minimum Gasteiger partial charge on any atom is -0.494 e. The van der Waals surface area contributed by atoms with Crippen LogP contribution in [0.2, 0.25) is 0 Å². The van der Waals surface area contributed by atoms with Gasteiger partial charge >= 0.3 is 0 Å². The van der Waals surface area contributed by atoms with Crippen LogP contribution in [0, 0.1) is 18.6 Å². The van der Waals surface area contributed by atoms with Crippen LogP contribution in [0.25, 0.3) is 5.57 Å². The molecule has 2 aliphatic rings. The monoisotopic (exact) mass is 492 g/mol. The Hall–Kier alpha value is -3.48. The van der Waals surface area contributed by atoms with Gasteiger partial charge in [0, 0.05) is 42.8 Å². The smallest absolute Gasteiger partial charge is 0.191 e. The van der Waals surface area contributed by atoms with Crippen molar-refractivity contribution >= 4 is 17.5 Å². The number of hydrogen-bond donors (Lipinski definition) is 1. The number of anilines is 1. The molecule has 1 aliphatic heterocycles. The van der Waals surface area contributed by atoms with Crippen molar-refractivity contribution in [3.8, 4) is 5.75 Å². The molecule has 36 heavy (non-hydrogen) atoms. The van der Waals surface area contributed by atoms with Crippen molar-refractivity contribution in [1.82, 2.24) is 10.3 Å². The standard InChI is InChI=1S/C29H34F2N4O/c1-8-9-25-29(10-11-29)21-13-22(19(5)23(15-32-6)34-17(2)3)33-14-20(21)16-35(25)28-26(30)18(4)12-24(36-7)27(28)31/h9,12-15,34H,2,8,10-11,16H2,1,3-7H3/b23-19-,25-9?,32-15?. The Morgan fingerprint density at radius 3 is 2.58 bits per heavy atom. The lowest BCUT2D eigenvalue weighted by Crippen LogP contribution is -2.37. The lowest BCUT2D eigenvalue weighted by atomic mass is 9.83. The quantitative estimate of drug-likeness (QED) is 0.444. The van der Waals surface area contributed by atoms with E-state index < -0.39 is 11.6 Å². The molecule has 1 N–H and O–H groups in total. The molecule has 1 spiro atoms. The minimum atomic E-state index is -0.681. The third-order valence-corrected chi connectivity index (χ3v) is 6.97. The van der Waals surface area contributed by atoms with E-state index in [1.54, 1.807) is 25.1 Å². The first kappa shape index (κ1) is 25.6. The van der Waals surface area contributed by atoms with Gasteiger partial charge < -0.3 is 15.0 Å². The summed E-state index contributed by atoms with van der Waals surface area (Å²) in [4.78, 5) is 10.7. The molecule has 2 heterocycles. The number of allylic oxidation sites excluding steroid dienone is 5. The second-order valence-corrected chi connectivity index (χ2v) is 9.60. The molecule has 0 atom stereocenters. The van der Waals surface area contributed by atoms with E-state index in [-0.39, 0.29) is 16.9 Å². The zero-order valence-electron chi connectivity index (χ0n) is 21.9. The molecule has 0 amide bonds. The molecule has 190 valence electrons. The molecular weight excluding hydrogens is 458 g/mol. The fourth-order valence-corrected chi connectivity index (χ4v) is 5.09. The van der Waals surface area contributed by atoms with Crippen LogP contribution in [0.15, 0.2) is 53.1 Å². The van der Waals surface area contributed by atoms with Gasteiger partial charge in [-0.15, -0.1) is 0 Å². The fourth-order valence-electron chi connectivity index (χ4n) is 5.09. The van der Waals surface area contributed by atoms with E-state index in [1.165, 1.54) is 18.7 Å². The second kappa shape index (κ2) is 9.88. The predicted octanol–water partition coefficient (Wildman–Crippen LogP) is 6.58. The Balaban J connectivity index is 1.88. The van der Waals surface area contributed by atoms with Crippen molar-refractivity contribution in [2.75, 3.05) is 19.1 Å². The summed E-state index contributed by atoms with van der Waals surface area (Å²) in [6.07, 6.45) is 8.28. The fraction of sp³-hybridized carbons (Fsp3) is 0.379. The van der Waals surface area contributed by atoms with Crippen LogP contribution in [0.5, 0.6) is 5.75 Å².